The Balaban J connectivity index is 2.18. The van der Waals surface area contributed by atoms with Gasteiger partial charge in [-0.2, -0.15) is 0 Å². The highest BCUT2D eigenvalue weighted by Gasteiger charge is 2.20. The van der Waals surface area contributed by atoms with Gasteiger partial charge in [-0.1, -0.05) is 5.16 Å². The first kappa shape index (κ1) is 12.3. The second kappa shape index (κ2) is 5.92. The van der Waals surface area contributed by atoms with Gasteiger partial charge in [0.25, 0.3) is 0 Å². The van der Waals surface area contributed by atoms with Crippen LogP contribution in [0.25, 0.3) is 0 Å². The highest BCUT2D eigenvalue weighted by atomic mass is 16.4. The van der Waals surface area contributed by atoms with Crippen LogP contribution in [0.4, 0.5) is 0 Å². The standard InChI is InChI=1S/C10H22N4O/c1-8(6-10(11)13-15)12-7-9-4-3-5-14(9)2/h8-9,12,15H,3-7H2,1-2H3,(H2,11,13). The third-order valence-corrected chi connectivity index (χ3v) is 3.02. The summed E-state index contributed by atoms with van der Waals surface area (Å²) in [6.07, 6.45) is 3.14. The third-order valence-electron chi connectivity index (χ3n) is 3.02. The van der Waals surface area contributed by atoms with Crippen molar-refractivity contribution in [1.29, 1.82) is 0 Å². The van der Waals surface area contributed by atoms with Gasteiger partial charge in [0.05, 0.1) is 0 Å². The van der Waals surface area contributed by atoms with Gasteiger partial charge in [-0.15, -0.1) is 0 Å². The molecule has 15 heavy (non-hydrogen) atoms. The number of nitrogens with one attached hydrogen (secondary N) is 1. The lowest BCUT2D eigenvalue weighted by molar-refractivity contribution is 0.292. The molecular weight excluding hydrogens is 192 g/mol. The predicted octanol–water partition coefficient (Wildman–Crippen LogP) is 0.195. The number of likely N-dealkylation sites (tertiary alicyclic amines) is 1. The van der Waals surface area contributed by atoms with Crippen molar-refractivity contribution < 1.29 is 5.21 Å². The lowest BCUT2D eigenvalue weighted by atomic mass is 10.2. The molecule has 2 atom stereocenters. The molecule has 0 saturated carbocycles. The molecule has 0 aromatic rings. The quantitative estimate of drug-likeness (QED) is 0.264. The molecule has 1 aliphatic rings. The number of nitrogens with two attached hydrogens (primary N) is 1. The Morgan fingerprint density at radius 1 is 1.73 bits per heavy atom. The van der Waals surface area contributed by atoms with Crippen LogP contribution in [0.2, 0.25) is 0 Å². The van der Waals surface area contributed by atoms with Gasteiger partial charge in [0, 0.05) is 25.0 Å². The number of oxime groups is 1. The monoisotopic (exact) mass is 214 g/mol. The van der Waals surface area contributed by atoms with Crippen molar-refractivity contribution in [3.8, 4) is 0 Å². The number of hydrogen-bond donors (Lipinski definition) is 3. The van der Waals surface area contributed by atoms with Crippen molar-refractivity contribution in [3.05, 3.63) is 0 Å². The molecule has 0 aromatic heterocycles. The molecule has 1 aliphatic heterocycles. The van der Waals surface area contributed by atoms with Crippen LogP contribution in [0.15, 0.2) is 5.16 Å². The normalized spacial score (nSPS) is 25.7. The summed E-state index contributed by atoms with van der Waals surface area (Å²) in [6, 6.07) is 0.898. The van der Waals surface area contributed by atoms with Crippen LogP contribution in [0.5, 0.6) is 0 Å². The van der Waals surface area contributed by atoms with Crippen LogP contribution in [-0.4, -0.2) is 48.2 Å². The van der Waals surface area contributed by atoms with Crippen molar-refractivity contribution in [2.75, 3.05) is 20.1 Å². The minimum atomic E-state index is 0.259. The fourth-order valence-corrected chi connectivity index (χ4v) is 2.00. The van der Waals surface area contributed by atoms with Crippen molar-refractivity contribution in [3.63, 3.8) is 0 Å². The summed E-state index contributed by atoms with van der Waals surface area (Å²) in [6.45, 7) is 4.23. The average Bonchev–Trinajstić information content (AvgIpc) is 2.61. The second-order valence-corrected chi connectivity index (χ2v) is 4.38. The summed E-state index contributed by atoms with van der Waals surface area (Å²) in [5.74, 6) is 0.287. The first-order chi connectivity index (χ1) is 7.13. The largest absolute Gasteiger partial charge is 0.409 e. The van der Waals surface area contributed by atoms with E-state index in [1.807, 2.05) is 6.92 Å². The van der Waals surface area contributed by atoms with E-state index in [0.29, 0.717) is 12.5 Å². The van der Waals surface area contributed by atoms with E-state index in [-0.39, 0.29) is 11.9 Å². The van der Waals surface area contributed by atoms with Crippen LogP contribution in [0.3, 0.4) is 0 Å². The fraction of sp³-hybridized carbons (Fsp3) is 0.900. The molecule has 88 valence electrons. The molecule has 5 heteroatoms. The summed E-state index contributed by atoms with van der Waals surface area (Å²) in [5, 5.41) is 14.8. The Kier molecular flexibility index (Phi) is 4.84. The van der Waals surface area contributed by atoms with Crippen LogP contribution in [-0.2, 0) is 0 Å². The Bertz CT molecular complexity index is 219. The fourth-order valence-electron chi connectivity index (χ4n) is 2.00. The number of nitrogens with zero attached hydrogens (tertiary/aromatic N) is 2. The van der Waals surface area contributed by atoms with Gasteiger partial charge < -0.3 is 21.2 Å². The number of rotatable bonds is 5. The Morgan fingerprint density at radius 2 is 2.47 bits per heavy atom. The first-order valence-corrected chi connectivity index (χ1v) is 5.53. The zero-order chi connectivity index (χ0) is 11.3. The maximum atomic E-state index is 8.43. The highest BCUT2D eigenvalue weighted by molar-refractivity contribution is 5.80. The summed E-state index contributed by atoms with van der Waals surface area (Å²) in [7, 11) is 2.16. The molecule has 5 nitrogen and oxygen atoms in total. The van der Waals surface area contributed by atoms with Gasteiger partial charge in [-0.05, 0) is 33.4 Å². The topological polar surface area (TPSA) is 73.9 Å². The van der Waals surface area contributed by atoms with Crippen LogP contribution in [0.1, 0.15) is 26.2 Å². The minimum Gasteiger partial charge on any atom is -0.409 e. The molecule has 1 saturated heterocycles. The van der Waals surface area contributed by atoms with Crippen molar-refractivity contribution >= 4 is 5.84 Å². The zero-order valence-electron chi connectivity index (χ0n) is 9.61. The first-order valence-electron chi connectivity index (χ1n) is 5.53. The molecular formula is C10H22N4O. The van der Waals surface area contributed by atoms with E-state index in [2.05, 4.69) is 22.4 Å². The minimum absolute atomic E-state index is 0.259. The zero-order valence-corrected chi connectivity index (χ0v) is 9.61. The average molecular weight is 214 g/mol. The van der Waals surface area contributed by atoms with Crippen molar-refractivity contribution in [1.82, 2.24) is 10.2 Å². The molecule has 1 fully saturated rings. The maximum Gasteiger partial charge on any atom is 0.140 e. The lowest BCUT2D eigenvalue weighted by Gasteiger charge is -2.22. The van der Waals surface area contributed by atoms with E-state index in [1.165, 1.54) is 19.4 Å². The summed E-state index contributed by atoms with van der Waals surface area (Å²) < 4.78 is 0. The van der Waals surface area contributed by atoms with E-state index in [1.54, 1.807) is 0 Å². The Labute approximate surface area is 91.3 Å². The van der Waals surface area contributed by atoms with E-state index in [9.17, 15) is 0 Å². The van der Waals surface area contributed by atoms with E-state index >= 15 is 0 Å². The highest BCUT2D eigenvalue weighted by Crippen LogP contribution is 2.13. The summed E-state index contributed by atoms with van der Waals surface area (Å²) in [4.78, 5) is 2.38. The molecule has 1 rings (SSSR count). The SMILES string of the molecule is CC(CC(N)=NO)NCC1CCCN1C. The lowest BCUT2D eigenvalue weighted by Crippen LogP contribution is -2.40. The molecule has 0 radical (unpaired) electrons. The molecule has 1 heterocycles. The van der Waals surface area contributed by atoms with Crippen LogP contribution in [0, 0.1) is 0 Å². The van der Waals surface area contributed by atoms with Crippen LogP contribution < -0.4 is 11.1 Å². The molecule has 0 bridgehead atoms. The van der Waals surface area contributed by atoms with Gasteiger partial charge in [0.15, 0.2) is 0 Å². The molecule has 0 spiro atoms. The van der Waals surface area contributed by atoms with Crippen LogP contribution >= 0.6 is 0 Å². The van der Waals surface area contributed by atoms with Gasteiger partial charge in [0.2, 0.25) is 0 Å². The summed E-state index contributed by atoms with van der Waals surface area (Å²) in [5.41, 5.74) is 5.43. The van der Waals surface area contributed by atoms with E-state index in [4.69, 9.17) is 10.9 Å². The molecule has 0 aliphatic carbocycles. The third kappa shape index (κ3) is 4.05. The number of likely N-dealkylation sites (N-methyl/N-ethyl adjacent to an activating group) is 1. The molecule has 0 aromatic carbocycles. The maximum absolute atomic E-state index is 8.43. The Hall–Kier alpha value is -0.810. The van der Waals surface area contributed by atoms with Gasteiger partial charge in [-0.3, -0.25) is 0 Å². The number of hydrogen-bond acceptors (Lipinski definition) is 4. The number of amidine groups is 1. The molecule has 0 amide bonds. The molecule has 4 N–H and O–H groups in total. The van der Waals surface area contributed by atoms with E-state index in [0.717, 1.165) is 6.54 Å². The smallest absolute Gasteiger partial charge is 0.140 e. The predicted molar refractivity (Wildman–Crippen MR) is 61.1 cm³/mol. The van der Waals surface area contributed by atoms with Gasteiger partial charge >= 0.3 is 0 Å². The summed E-state index contributed by atoms with van der Waals surface area (Å²) >= 11 is 0. The van der Waals surface area contributed by atoms with Gasteiger partial charge in [-0.25, -0.2) is 0 Å². The van der Waals surface area contributed by atoms with Crippen molar-refractivity contribution in [2.45, 2.75) is 38.3 Å². The molecule has 2 unspecified atom stereocenters. The Morgan fingerprint density at radius 3 is 3.00 bits per heavy atom. The van der Waals surface area contributed by atoms with Gasteiger partial charge in [0.1, 0.15) is 5.84 Å². The second-order valence-electron chi connectivity index (χ2n) is 4.38. The van der Waals surface area contributed by atoms with E-state index < -0.39 is 0 Å². The van der Waals surface area contributed by atoms with Crippen molar-refractivity contribution in [2.24, 2.45) is 10.9 Å².